The van der Waals surface area contributed by atoms with Gasteiger partial charge in [0.1, 0.15) is 0 Å². The van der Waals surface area contributed by atoms with Gasteiger partial charge in [0, 0.05) is 4.47 Å². The van der Waals surface area contributed by atoms with E-state index >= 15 is 0 Å². The molecule has 2 aromatic rings. The molecule has 17 heavy (non-hydrogen) atoms. The highest BCUT2D eigenvalue weighted by molar-refractivity contribution is 9.10. The summed E-state index contributed by atoms with van der Waals surface area (Å²) >= 11 is 9.68. The van der Waals surface area contributed by atoms with Crippen LogP contribution in [0.4, 0.5) is 0 Å². The van der Waals surface area contributed by atoms with Crippen LogP contribution in [0.5, 0.6) is 0 Å². The fourth-order valence-corrected chi connectivity index (χ4v) is 2.49. The standard InChI is InChI=1S/C14H13BrClN/c1-9-5-2-3-6-10(9)14(17)11-7-4-8-12(15)13(11)16/h2-8,14H,17H2,1H3. The van der Waals surface area contributed by atoms with E-state index in [1.165, 1.54) is 5.56 Å². The van der Waals surface area contributed by atoms with Gasteiger partial charge in [0.15, 0.2) is 0 Å². The Morgan fingerprint density at radius 1 is 1.06 bits per heavy atom. The number of nitrogens with two attached hydrogens (primary N) is 1. The Labute approximate surface area is 115 Å². The second-order valence-corrected chi connectivity index (χ2v) is 5.21. The molecule has 88 valence electrons. The van der Waals surface area contributed by atoms with E-state index in [0.717, 1.165) is 15.6 Å². The molecule has 2 N–H and O–H groups in total. The molecule has 2 rings (SSSR count). The van der Waals surface area contributed by atoms with Crippen LogP contribution in [-0.2, 0) is 0 Å². The molecule has 0 saturated carbocycles. The first-order valence-corrected chi connectivity index (χ1v) is 6.53. The second-order valence-electron chi connectivity index (χ2n) is 3.98. The van der Waals surface area contributed by atoms with E-state index in [-0.39, 0.29) is 6.04 Å². The molecule has 3 heteroatoms. The van der Waals surface area contributed by atoms with Gasteiger partial charge in [-0.3, -0.25) is 0 Å². The lowest BCUT2D eigenvalue weighted by Crippen LogP contribution is -2.13. The smallest absolute Gasteiger partial charge is 0.0599 e. The minimum absolute atomic E-state index is 0.193. The molecule has 0 heterocycles. The molecule has 0 bridgehead atoms. The summed E-state index contributed by atoms with van der Waals surface area (Å²) < 4.78 is 0.876. The highest BCUT2D eigenvalue weighted by Crippen LogP contribution is 2.32. The summed E-state index contributed by atoms with van der Waals surface area (Å²) in [6.07, 6.45) is 0. The Bertz CT molecular complexity index is 539. The molecule has 0 saturated heterocycles. The van der Waals surface area contributed by atoms with E-state index in [1.54, 1.807) is 0 Å². The maximum absolute atomic E-state index is 6.28. The van der Waals surface area contributed by atoms with Crippen LogP contribution in [0.15, 0.2) is 46.9 Å². The number of benzene rings is 2. The Kier molecular flexibility index (Phi) is 3.87. The molecule has 0 amide bonds. The van der Waals surface area contributed by atoms with Crippen molar-refractivity contribution in [1.82, 2.24) is 0 Å². The van der Waals surface area contributed by atoms with Gasteiger partial charge in [0.05, 0.1) is 11.1 Å². The van der Waals surface area contributed by atoms with Crippen molar-refractivity contribution in [2.24, 2.45) is 5.73 Å². The number of hydrogen-bond acceptors (Lipinski definition) is 1. The van der Waals surface area contributed by atoms with Gasteiger partial charge in [-0.05, 0) is 45.6 Å². The largest absolute Gasteiger partial charge is 0.320 e. The Hall–Kier alpha value is -0.830. The van der Waals surface area contributed by atoms with Crippen LogP contribution in [0.25, 0.3) is 0 Å². The fraction of sp³-hybridized carbons (Fsp3) is 0.143. The molecule has 0 aliphatic heterocycles. The van der Waals surface area contributed by atoms with Gasteiger partial charge < -0.3 is 5.73 Å². The van der Waals surface area contributed by atoms with Crippen molar-refractivity contribution in [3.8, 4) is 0 Å². The molecule has 1 unspecified atom stereocenters. The zero-order valence-corrected chi connectivity index (χ0v) is 11.8. The molecule has 0 aliphatic rings. The molecule has 1 nitrogen and oxygen atoms in total. The van der Waals surface area contributed by atoms with Crippen molar-refractivity contribution in [2.75, 3.05) is 0 Å². The van der Waals surface area contributed by atoms with Crippen molar-refractivity contribution < 1.29 is 0 Å². The number of hydrogen-bond donors (Lipinski definition) is 1. The number of aryl methyl sites for hydroxylation is 1. The van der Waals surface area contributed by atoms with Crippen LogP contribution in [-0.4, -0.2) is 0 Å². The molecular formula is C14H13BrClN. The summed E-state index contributed by atoms with van der Waals surface area (Å²) in [5, 5.41) is 0.684. The summed E-state index contributed by atoms with van der Waals surface area (Å²) in [6, 6.07) is 13.7. The topological polar surface area (TPSA) is 26.0 Å². The van der Waals surface area contributed by atoms with Gasteiger partial charge in [-0.25, -0.2) is 0 Å². The lowest BCUT2D eigenvalue weighted by Gasteiger charge is -2.17. The van der Waals surface area contributed by atoms with E-state index in [2.05, 4.69) is 28.9 Å². The second kappa shape index (κ2) is 5.21. The first-order valence-electron chi connectivity index (χ1n) is 5.36. The van der Waals surface area contributed by atoms with Gasteiger partial charge in [-0.15, -0.1) is 0 Å². The minimum Gasteiger partial charge on any atom is -0.320 e. The average molecular weight is 311 g/mol. The van der Waals surface area contributed by atoms with Crippen LogP contribution in [0, 0.1) is 6.92 Å². The van der Waals surface area contributed by atoms with Crippen LogP contribution >= 0.6 is 27.5 Å². The van der Waals surface area contributed by atoms with E-state index in [9.17, 15) is 0 Å². The third-order valence-corrected chi connectivity index (χ3v) is 4.15. The van der Waals surface area contributed by atoms with Crippen LogP contribution in [0.1, 0.15) is 22.7 Å². The zero-order valence-electron chi connectivity index (χ0n) is 9.45. The molecule has 0 fully saturated rings. The number of rotatable bonds is 2. The molecule has 0 aliphatic carbocycles. The summed E-state index contributed by atoms with van der Waals surface area (Å²) in [5.41, 5.74) is 9.50. The monoisotopic (exact) mass is 309 g/mol. The third kappa shape index (κ3) is 2.54. The summed E-state index contributed by atoms with van der Waals surface area (Å²) in [6.45, 7) is 2.06. The predicted molar refractivity (Wildman–Crippen MR) is 76.4 cm³/mol. The highest BCUT2D eigenvalue weighted by Gasteiger charge is 2.15. The van der Waals surface area contributed by atoms with Crippen molar-refractivity contribution in [3.05, 3.63) is 68.7 Å². The fourth-order valence-electron chi connectivity index (χ4n) is 1.86. The Morgan fingerprint density at radius 3 is 2.41 bits per heavy atom. The number of halogens is 2. The van der Waals surface area contributed by atoms with E-state index in [0.29, 0.717) is 5.02 Å². The van der Waals surface area contributed by atoms with Crippen LogP contribution in [0.3, 0.4) is 0 Å². The highest BCUT2D eigenvalue weighted by atomic mass is 79.9. The SMILES string of the molecule is Cc1ccccc1C(N)c1cccc(Br)c1Cl. The first kappa shape index (κ1) is 12.6. The van der Waals surface area contributed by atoms with Crippen molar-refractivity contribution in [2.45, 2.75) is 13.0 Å². The maximum Gasteiger partial charge on any atom is 0.0599 e. The predicted octanol–water partition coefficient (Wildman–Crippen LogP) is 4.46. The van der Waals surface area contributed by atoms with Crippen LogP contribution in [0.2, 0.25) is 5.02 Å². The van der Waals surface area contributed by atoms with Crippen molar-refractivity contribution in [3.63, 3.8) is 0 Å². The van der Waals surface area contributed by atoms with Gasteiger partial charge in [-0.1, -0.05) is 48.0 Å². The summed E-state index contributed by atoms with van der Waals surface area (Å²) in [5.74, 6) is 0. The molecule has 1 atom stereocenters. The quantitative estimate of drug-likeness (QED) is 0.871. The van der Waals surface area contributed by atoms with E-state index in [4.69, 9.17) is 17.3 Å². The molecule has 0 spiro atoms. The Balaban J connectivity index is 2.48. The van der Waals surface area contributed by atoms with Gasteiger partial charge >= 0.3 is 0 Å². The van der Waals surface area contributed by atoms with Crippen LogP contribution < -0.4 is 5.73 Å². The lowest BCUT2D eigenvalue weighted by molar-refractivity contribution is 0.861. The average Bonchev–Trinajstić information content (AvgIpc) is 2.32. The van der Waals surface area contributed by atoms with Crippen molar-refractivity contribution in [1.29, 1.82) is 0 Å². The third-order valence-electron chi connectivity index (χ3n) is 2.84. The maximum atomic E-state index is 6.28. The van der Waals surface area contributed by atoms with Gasteiger partial charge in [-0.2, -0.15) is 0 Å². The molecule has 0 aromatic heterocycles. The summed E-state index contributed by atoms with van der Waals surface area (Å²) in [4.78, 5) is 0. The first-order chi connectivity index (χ1) is 8.11. The minimum atomic E-state index is -0.193. The van der Waals surface area contributed by atoms with E-state index < -0.39 is 0 Å². The van der Waals surface area contributed by atoms with Crippen molar-refractivity contribution >= 4 is 27.5 Å². The zero-order chi connectivity index (χ0) is 12.4. The summed E-state index contributed by atoms with van der Waals surface area (Å²) in [7, 11) is 0. The normalized spacial score (nSPS) is 12.5. The molecule has 0 radical (unpaired) electrons. The lowest BCUT2D eigenvalue weighted by atomic mass is 9.96. The molecular weight excluding hydrogens is 298 g/mol. The van der Waals surface area contributed by atoms with E-state index in [1.807, 2.05) is 36.4 Å². The molecule has 2 aromatic carbocycles. The Morgan fingerprint density at radius 2 is 1.71 bits per heavy atom. The van der Waals surface area contributed by atoms with Gasteiger partial charge in [0.25, 0.3) is 0 Å². The van der Waals surface area contributed by atoms with Gasteiger partial charge in [0.2, 0.25) is 0 Å².